The summed E-state index contributed by atoms with van der Waals surface area (Å²) in [5.74, 6) is 3.73. The number of benzene rings is 1. The SMILES string of the molecule is C#CCOc1ccccc1CNCC(C)(O)c1ccco1. The maximum absolute atomic E-state index is 10.3. The first kappa shape index (κ1) is 15.2. The van der Waals surface area contributed by atoms with Gasteiger partial charge in [0.1, 0.15) is 23.7 Å². The molecule has 1 aromatic carbocycles. The highest BCUT2D eigenvalue weighted by molar-refractivity contribution is 5.33. The number of terminal acetylenes is 1. The van der Waals surface area contributed by atoms with Crippen LogP contribution in [-0.2, 0) is 12.1 Å². The highest BCUT2D eigenvalue weighted by Crippen LogP contribution is 2.21. The van der Waals surface area contributed by atoms with Crippen LogP contribution in [0.2, 0.25) is 0 Å². The largest absolute Gasteiger partial charge is 0.481 e. The van der Waals surface area contributed by atoms with E-state index in [0.717, 1.165) is 11.3 Å². The molecule has 2 N–H and O–H groups in total. The van der Waals surface area contributed by atoms with Crippen LogP contribution in [0.5, 0.6) is 5.75 Å². The quantitative estimate of drug-likeness (QED) is 0.766. The average molecular weight is 285 g/mol. The zero-order valence-corrected chi connectivity index (χ0v) is 12.0. The summed E-state index contributed by atoms with van der Waals surface area (Å²) in [4.78, 5) is 0. The molecule has 0 aliphatic heterocycles. The van der Waals surface area contributed by atoms with Crippen molar-refractivity contribution in [2.24, 2.45) is 0 Å². The molecule has 0 saturated carbocycles. The summed E-state index contributed by atoms with van der Waals surface area (Å²) in [7, 11) is 0. The third-order valence-corrected chi connectivity index (χ3v) is 3.12. The second-order valence-corrected chi connectivity index (χ2v) is 4.96. The second kappa shape index (κ2) is 6.98. The third kappa shape index (κ3) is 4.12. The Morgan fingerprint density at radius 2 is 2.14 bits per heavy atom. The van der Waals surface area contributed by atoms with Gasteiger partial charge in [-0.05, 0) is 25.1 Å². The number of rotatable bonds is 7. The first-order valence-electron chi connectivity index (χ1n) is 6.75. The van der Waals surface area contributed by atoms with Crippen molar-refractivity contribution in [2.45, 2.75) is 19.1 Å². The standard InChI is InChI=1S/C17H19NO3/c1-3-10-20-15-8-5-4-7-14(15)12-18-13-17(2,19)16-9-6-11-21-16/h1,4-9,11,18-19H,10,12-13H2,2H3. The van der Waals surface area contributed by atoms with Crippen LogP contribution in [0, 0.1) is 12.3 Å². The van der Waals surface area contributed by atoms with Crippen LogP contribution in [0.25, 0.3) is 0 Å². The second-order valence-electron chi connectivity index (χ2n) is 4.96. The van der Waals surface area contributed by atoms with Crippen molar-refractivity contribution >= 4 is 0 Å². The molecular weight excluding hydrogens is 266 g/mol. The molecule has 1 atom stereocenters. The molecule has 4 nitrogen and oxygen atoms in total. The molecule has 0 spiro atoms. The molecule has 2 rings (SSSR count). The lowest BCUT2D eigenvalue weighted by atomic mass is 10.0. The van der Waals surface area contributed by atoms with Crippen LogP contribution >= 0.6 is 0 Å². The first-order chi connectivity index (χ1) is 10.1. The van der Waals surface area contributed by atoms with Gasteiger partial charge in [-0.25, -0.2) is 0 Å². The van der Waals surface area contributed by atoms with E-state index in [-0.39, 0.29) is 6.61 Å². The highest BCUT2D eigenvalue weighted by Gasteiger charge is 2.25. The number of nitrogens with one attached hydrogen (secondary N) is 1. The zero-order chi connectivity index (χ0) is 15.1. The Labute approximate surface area is 124 Å². The van der Waals surface area contributed by atoms with E-state index in [1.807, 2.05) is 24.3 Å². The van der Waals surface area contributed by atoms with Gasteiger partial charge in [0.2, 0.25) is 0 Å². The molecule has 0 fully saturated rings. The molecule has 0 saturated heterocycles. The van der Waals surface area contributed by atoms with Crippen LogP contribution < -0.4 is 10.1 Å². The number of aliphatic hydroxyl groups is 1. The van der Waals surface area contributed by atoms with Crippen LogP contribution in [-0.4, -0.2) is 18.3 Å². The zero-order valence-electron chi connectivity index (χ0n) is 12.0. The Hall–Kier alpha value is -2.22. The fourth-order valence-electron chi connectivity index (χ4n) is 2.02. The van der Waals surface area contributed by atoms with E-state index in [0.29, 0.717) is 18.8 Å². The van der Waals surface area contributed by atoms with Crippen molar-refractivity contribution < 1.29 is 14.3 Å². The van der Waals surface area contributed by atoms with E-state index in [2.05, 4.69) is 11.2 Å². The number of furan rings is 1. The van der Waals surface area contributed by atoms with Gasteiger partial charge in [0.15, 0.2) is 0 Å². The lowest BCUT2D eigenvalue weighted by Crippen LogP contribution is -2.34. The molecule has 0 aliphatic carbocycles. The van der Waals surface area contributed by atoms with Crippen molar-refractivity contribution in [3.05, 3.63) is 54.0 Å². The van der Waals surface area contributed by atoms with E-state index in [4.69, 9.17) is 15.6 Å². The Morgan fingerprint density at radius 3 is 2.86 bits per heavy atom. The summed E-state index contributed by atoms with van der Waals surface area (Å²) in [5.41, 5.74) is -0.0685. The third-order valence-electron chi connectivity index (χ3n) is 3.12. The summed E-state index contributed by atoms with van der Waals surface area (Å²) >= 11 is 0. The van der Waals surface area contributed by atoms with Gasteiger partial charge in [-0.3, -0.25) is 0 Å². The molecule has 2 aromatic rings. The maximum atomic E-state index is 10.3. The predicted octanol–water partition coefficient (Wildman–Crippen LogP) is 2.29. The van der Waals surface area contributed by atoms with Crippen LogP contribution in [0.3, 0.4) is 0 Å². The molecular formula is C17H19NO3. The fraction of sp³-hybridized carbons (Fsp3) is 0.294. The molecule has 1 aromatic heterocycles. The van der Waals surface area contributed by atoms with Crippen molar-refractivity contribution in [1.29, 1.82) is 0 Å². The van der Waals surface area contributed by atoms with E-state index in [1.54, 1.807) is 25.3 Å². The summed E-state index contributed by atoms with van der Waals surface area (Å²) < 4.78 is 10.7. The van der Waals surface area contributed by atoms with Gasteiger partial charge in [0, 0.05) is 18.7 Å². The Morgan fingerprint density at radius 1 is 1.33 bits per heavy atom. The predicted molar refractivity (Wildman–Crippen MR) is 80.8 cm³/mol. The topological polar surface area (TPSA) is 54.6 Å². The minimum absolute atomic E-state index is 0.237. The number of hydrogen-bond donors (Lipinski definition) is 2. The average Bonchev–Trinajstić information content (AvgIpc) is 3.01. The van der Waals surface area contributed by atoms with E-state index in [1.165, 1.54) is 0 Å². The van der Waals surface area contributed by atoms with Crippen LogP contribution in [0.4, 0.5) is 0 Å². The monoisotopic (exact) mass is 285 g/mol. The number of hydrogen-bond acceptors (Lipinski definition) is 4. The van der Waals surface area contributed by atoms with E-state index in [9.17, 15) is 5.11 Å². The molecule has 0 radical (unpaired) electrons. The molecule has 1 heterocycles. The molecule has 0 bridgehead atoms. The van der Waals surface area contributed by atoms with Crippen molar-refractivity contribution in [2.75, 3.05) is 13.2 Å². The first-order valence-corrected chi connectivity index (χ1v) is 6.75. The lowest BCUT2D eigenvalue weighted by Gasteiger charge is -2.21. The van der Waals surface area contributed by atoms with Gasteiger partial charge in [0.25, 0.3) is 0 Å². The Kier molecular flexibility index (Phi) is 5.04. The normalized spacial score (nSPS) is 13.4. The molecule has 1 unspecified atom stereocenters. The van der Waals surface area contributed by atoms with Gasteiger partial charge in [-0.15, -0.1) is 6.42 Å². The molecule has 110 valence electrons. The minimum atomic E-state index is -1.06. The molecule has 4 heteroatoms. The van der Waals surface area contributed by atoms with Crippen LogP contribution in [0.15, 0.2) is 47.1 Å². The van der Waals surface area contributed by atoms with Gasteiger partial charge < -0.3 is 19.6 Å². The number of para-hydroxylation sites is 1. The minimum Gasteiger partial charge on any atom is -0.481 e. The molecule has 0 aliphatic rings. The van der Waals surface area contributed by atoms with Gasteiger partial charge in [0.05, 0.1) is 6.26 Å². The maximum Gasteiger partial charge on any atom is 0.148 e. The van der Waals surface area contributed by atoms with Crippen LogP contribution in [0.1, 0.15) is 18.2 Å². The smallest absolute Gasteiger partial charge is 0.148 e. The lowest BCUT2D eigenvalue weighted by molar-refractivity contribution is 0.0340. The summed E-state index contributed by atoms with van der Waals surface area (Å²) in [6.45, 7) is 2.88. The summed E-state index contributed by atoms with van der Waals surface area (Å²) in [6.07, 6.45) is 6.75. The van der Waals surface area contributed by atoms with Gasteiger partial charge in [-0.1, -0.05) is 24.1 Å². The van der Waals surface area contributed by atoms with E-state index < -0.39 is 5.60 Å². The van der Waals surface area contributed by atoms with Crippen molar-refractivity contribution in [1.82, 2.24) is 5.32 Å². The summed E-state index contributed by atoms with van der Waals surface area (Å²) in [5, 5.41) is 13.6. The van der Waals surface area contributed by atoms with E-state index >= 15 is 0 Å². The molecule has 0 amide bonds. The van der Waals surface area contributed by atoms with Crippen molar-refractivity contribution in [3.8, 4) is 18.1 Å². The summed E-state index contributed by atoms with van der Waals surface area (Å²) in [6, 6.07) is 11.2. The Bertz CT molecular complexity index is 597. The number of ether oxygens (including phenoxy) is 1. The highest BCUT2D eigenvalue weighted by atomic mass is 16.5. The fourth-order valence-corrected chi connectivity index (χ4v) is 2.02. The Balaban J connectivity index is 1.93. The van der Waals surface area contributed by atoms with Gasteiger partial charge in [-0.2, -0.15) is 0 Å². The molecule has 21 heavy (non-hydrogen) atoms. The van der Waals surface area contributed by atoms with Gasteiger partial charge >= 0.3 is 0 Å². The van der Waals surface area contributed by atoms with Crippen molar-refractivity contribution in [3.63, 3.8) is 0 Å².